The number of hydrogen-bond donors (Lipinski definition) is 2. The molecule has 0 spiro atoms. The van der Waals surface area contributed by atoms with Gasteiger partial charge in [0.25, 0.3) is 0 Å². The summed E-state index contributed by atoms with van der Waals surface area (Å²) in [7, 11) is 1.58. The number of urea groups is 1. The Morgan fingerprint density at radius 1 is 1.12 bits per heavy atom. The number of benzene rings is 2. The SMILES string of the molecule is COc1cccc(/C=N\NC(=O)Nc2ccccc2)c1OC(C)C. The minimum Gasteiger partial charge on any atom is -0.493 e. The van der Waals surface area contributed by atoms with Crippen LogP contribution in [-0.4, -0.2) is 25.5 Å². The highest BCUT2D eigenvalue weighted by Crippen LogP contribution is 2.30. The number of hydrogen-bond acceptors (Lipinski definition) is 4. The number of para-hydroxylation sites is 2. The van der Waals surface area contributed by atoms with Crippen LogP contribution >= 0.6 is 0 Å². The van der Waals surface area contributed by atoms with Gasteiger partial charge in [0.1, 0.15) is 0 Å². The number of methoxy groups -OCH3 is 1. The molecule has 2 N–H and O–H groups in total. The summed E-state index contributed by atoms with van der Waals surface area (Å²) in [6.07, 6.45) is 1.51. The Labute approximate surface area is 141 Å². The van der Waals surface area contributed by atoms with Crippen molar-refractivity contribution in [2.24, 2.45) is 5.10 Å². The molecule has 2 amide bonds. The van der Waals surface area contributed by atoms with Gasteiger partial charge in [-0.3, -0.25) is 0 Å². The van der Waals surface area contributed by atoms with Gasteiger partial charge in [-0.15, -0.1) is 0 Å². The number of anilines is 1. The topological polar surface area (TPSA) is 72.0 Å². The van der Waals surface area contributed by atoms with Crippen LogP contribution in [0.25, 0.3) is 0 Å². The smallest absolute Gasteiger partial charge is 0.339 e. The lowest BCUT2D eigenvalue weighted by molar-refractivity contribution is 0.230. The molecule has 0 aliphatic rings. The molecule has 0 atom stereocenters. The molecule has 2 rings (SSSR count). The molecular weight excluding hydrogens is 306 g/mol. The van der Waals surface area contributed by atoms with Gasteiger partial charge in [0, 0.05) is 11.3 Å². The second kappa shape index (κ2) is 8.57. The van der Waals surface area contributed by atoms with E-state index in [0.29, 0.717) is 22.7 Å². The minimum atomic E-state index is -0.424. The molecule has 0 bridgehead atoms. The number of nitrogens with one attached hydrogen (secondary N) is 2. The third kappa shape index (κ3) is 5.01. The highest BCUT2D eigenvalue weighted by atomic mass is 16.5. The number of carbonyl (C=O) groups excluding carboxylic acids is 1. The van der Waals surface area contributed by atoms with Crippen LogP contribution in [0.5, 0.6) is 11.5 Å². The van der Waals surface area contributed by atoms with Crippen LogP contribution in [0, 0.1) is 0 Å². The van der Waals surface area contributed by atoms with E-state index in [1.807, 2.05) is 50.2 Å². The van der Waals surface area contributed by atoms with Crippen molar-refractivity contribution in [1.82, 2.24) is 5.43 Å². The van der Waals surface area contributed by atoms with Crippen molar-refractivity contribution in [3.63, 3.8) is 0 Å². The van der Waals surface area contributed by atoms with E-state index < -0.39 is 6.03 Å². The summed E-state index contributed by atoms with van der Waals surface area (Å²) in [5, 5.41) is 6.64. The molecule has 0 aromatic heterocycles. The first-order chi connectivity index (χ1) is 11.6. The van der Waals surface area contributed by atoms with Gasteiger partial charge >= 0.3 is 6.03 Å². The largest absolute Gasteiger partial charge is 0.493 e. The molecule has 0 heterocycles. The first-order valence-corrected chi connectivity index (χ1v) is 7.59. The number of hydrazone groups is 1. The highest BCUT2D eigenvalue weighted by molar-refractivity contribution is 5.91. The Hall–Kier alpha value is -3.02. The molecule has 0 radical (unpaired) electrons. The Bertz CT molecular complexity index is 700. The molecule has 6 heteroatoms. The van der Waals surface area contributed by atoms with Gasteiger partial charge in [-0.2, -0.15) is 5.10 Å². The van der Waals surface area contributed by atoms with Crippen molar-refractivity contribution in [2.75, 3.05) is 12.4 Å². The monoisotopic (exact) mass is 327 g/mol. The maximum Gasteiger partial charge on any atom is 0.339 e. The van der Waals surface area contributed by atoms with Gasteiger partial charge < -0.3 is 14.8 Å². The van der Waals surface area contributed by atoms with Crippen molar-refractivity contribution in [3.8, 4) is 11.5 Å². The van der Waals surface area contributed by atoms with Crippen molar-refractivity contribution < 1.29 is 14.3 Å². The van der Waals surface area contributed by atoms with Crippen molar-refractivity contribution in [1.29, 1.82) is 0 Å². The highest BCUT2D eigenvalue weighted by Gasteiger charge is 2.10. The lowest BCUT2D eigenvalue weighted by Crippen LogP contribution is -2.24. The Morgan fingerprint density at radius 2 is 1.88 bits per heavy atom. The van der Waals surface area contributed by atoms with Crippen LogP contribution < -0.4 is 20.2 Å². The number of carbonyl (C=O) groups is 1. The van der Waals surface area contributed by atoms with Crippen molar-refractivity contribution in [3.05, 3.63) is 54.1 Å². The molecule has 0 aliphatic heterocycles. The van der Waals surface area contributed by atoms with E-state index >= 15 is 0 Å². The summed E-state index contributed by atoms with van der Waals surface area (Å²) in [6, 6.07) is 14.2. The molecule has 0 fully saturated rings. The summed E-state index contributed by atoms with van der Waals surface area (Å²) in [4.78, 5) is 11.8. The van der Waals surface area contributed by atoms with Crippen molar-refractivity contribution >= 4 is 17.9 Å². The maximum absolute atomic E-state index is 11.8. The van der Waals surface area contributed by atoms with E-state index in [-0.39, 0.29) is 6.10 Å². The molecule has 0 unspecified atom stereocenters. The first kappa shape index (κ1) is 17.3. The third-order valence-electron chi connectivity index (χ3n) is 2.98. The third-order valence-corrected chi connectivity index (χ3v) is 2.98. The minimum absolute atomic E-state index is 0.0113. The quantitative estimate of drug-likeness (QED) is 0.628. The molecule has 24 heavy (non-hydrogen) atoms. The van der Waals surface area contributed by atoms with Gasteiger partial charge in [-0.05, 0) is 38.1 Å². The average Bonchev–Trinajstić information content (AvgIpc) is 2.56. The second-order valence-corrected chi connectivity index (χ2v) is 5.24. The maximum atomic E-state index is 11.8. The predicted molar refractivity (Wildman–Crippen MR) is 94.9 cm³/mol. The van der Waals surface area contributed by atoms with Crippen LogP contribution in [0.1, 0.15) is 19.4 Å². The molecule has 6 nitrogen and oxygen atoms in total. The standard InChI is InChI=1S/C18H21N3O3/c1-13(2)24-17-14(8-7-11-16(17)23-3)12-19-21-18(22)20-15-9-5-4-6-10-15/h4-13H,1-3H3,(H2,20,21,22)/b19-12-. The normalized spacial score (nSPS) is 10.7. The Kier molecular flexibility index (Phi) is 6.19. The fraction of sp³-hybridized carbons (Fsp3) is 0.222. The van der Waals surface area contributed by atoms with Gasteiger partial charge in [-0.1, -0.05) is 24.3 Å². The van der Waals surface area contributed by atoms with E-state index in [1.165, 1.54) is 6.21 Å². The summed E-state index contributed by atoms with van der Waals surface area (Å²) in [5.41, 5.74) is 3.82. The Morgan fingerprint density at radius 3 is 2.54 bits per heavy atom. The summed E-state index contributed by atoms with van der Waals surface area (Å²) >= 11 is 0. The molecule has 126 valence electrons. The van der Waals surface area contributed by atoms with E-state index in [4.69, 9.17) is 9.47 Å². The zero-order chi connectivity index (χ0) is 17.4. The summed E-state index contributed by atoms with van der Waals surface area (Å²) in [5.74, 6) is 1.20. The second-order valence-electron chi connectivity index (χ2n) is 5.24. The molecule has 2 aromatic rings. The number of amides is 2. The molecule has 0 saturated heterocycles. The fourth-order valence-corrected chi connectivity index (χ4v) is 2.00. The van der Waals surface area contributed by atoms with Crippen LogP contribution in [-0.2, 0) is 0 Å². The first-order valence-electron chi connectivity index (χ1n) is 7.59. The van der Waals surface area contributed by atoms with Gasteiger partial charge in [0.2, 0.25) is 0 Å². The number of ether oxygens (including phenoxy) is 2. The molecule has 0 aliphatic carbocycles. The zero-order valence-electron chi connectivity index (χ0n) is 13.9. The Balaban J connectivity index is 2.04. The van der Waals surface area contributed by atoms with Crippen LogP contribution in [0.15, 0.2) is 53.6 Å². The number of nitrogens with zero attached hydrogens (tertiary/aromatic N) is 1. The summed E-state index contributed by atoms with van der Waals surface area (Å²) < 4.78 is 11.1. The van der Waals surface area contributed by atoms with E-state index in [2.05, 4.69) is 15.8 Å². The summed E-state index contributed by atoms with van der Waals surface area (Å²) in [6.45, 7) is 3.86. The average molecular weight is 327 g/mol. The van der Waals surface area contributed by atoms with E-state index in [9.17, 15) is 4.79 Å². The molecule has 2 aromatic carbocycles. The fourth-order valence-electron chi connectivity index (χ4n) is 2.00. The van der Waals surface area contributed by atoms with E-state index in [1.54, 1.807) is 19.2 Å². The molecular formula is C18H21N3O3. The lowest BCUT2D eigenvalue weighted by atomic mass is 10.2. The van der Waals surface area contributed by atoms with E-state index in [0.717, 1.165) is 0 Å². The van der Waals surface area contributed by atoms with Crippen LogP contribution in [0.2, 0.25) is 0 Å². The van der Waals surface area contributed by atoms with Gasteiger partial charge in [0.15, 0.2) is 11.5 Å². The van der Waals surface area contributed by atoms with Gasteiger partial charge in [-0.25, -0.2) is 10.2 Å². The number of rotatable bonds is 6. The van der Waals surface area contributed by atoms with Crippen molar-refractivity contribution in [2.45, 2.75) is 20.0 Å². The molecule has 0 saturated carbocycles. The van der Waals surface area contributed by atoms with Crippen LogP contribution in [0.4, 0.5) is 10.5 Å². The van der Waals surface area contributed by atoms with Crippen LogP contribution in [0.3, 0.4) is 0 Å². The zero-order valence-corrected chi connectivity index (χ0v) is 13.9. The van der Waals surface area contributed by atoms with Gasteiger partial charge in [0.05, 0.1) is 19.4 Å². The lowest BCUT2D eigenvalue weighted by Gasteiger charge is -2.15. The predicted octanol–water partition coefficient (Wildman–Crippen LogP) is 3.64.